The van der Waals surface area contributed by atoms with Crippen LogP contribution < -0.4 is 5.32 Å². The fourth-order valence-corrected chi connectivity index (χ4v) is 3.57. The maximum atomic E-state index is 12.5. The Bertz CT molecular complexity index is 590. The largest absolute Gasteiger partial charge is 0.354 e. The minimum Gasteiger partial charge on any atom is -0.354 e. The molecule has 25 heavy (non-hydrogen) atoms. The van der Waals surface area contributed by atoms with Crippen molar-refractivity contribution in [1.82, 2.24) is 15.1 Å². The summed E-state index contributed by atoms with van der Waals surface area (Å²) < 4.78 is 0. The Morgan fingerprint density at radius 1 is 1.08 bits per heavy atom. The fourth-order valence-electron chi connectivity index (χ4n) is 3.57. The molecule has 0 bridgehead atoms. The number of nitrogens with zero attached hydrogens (tertiary/aromatic N) is 2. The number of likely N-dealkylation sites (tertiary alicyclic amines) is 1. The smallest absolute Gasteiger partial charge is 0.225 e. The van der Waals surface area contributed by atoms with Gasteiger partial charge >= 0.3 is 0 Å². The van der Waals surface area contributed by atoms with Gasteiger partial charge in [0, 0.05) is 31.5 Å². The molecule has 1 aromatic carbocycles. The topological polar surface area (TPSA) is 52.7 Å². The van der Waals surface area contributed by atoms with Gasteiger partial charge in [-0.2, -0.15) is 0 Å². The monoisotopic (exact) mass is 343 g/mol. The summed E-state index contributed by atoms with van der Waals surface area (Å²) in [5, 5.41) is 3.13. The lowest BCUT2D eigenvalue weighted by molar-refractivity contribution is -0.136. The predicted molar refractivity (Wildman–Crippen MR) is 97.9 cm³/mol. The molecule has 5 heteroatoms. The molecule has 2 fully saturated rings. The minimum absolute atomic E-state index is 0.0295. The summed E-state index contributed by atoms with van der Waals surface area (Å²) in [5.41, 5.74) is 1.21. The van der Waals surface area contributed by atoms with Crippen molar-refractivity contribution in [2.75, 3.05) is 33.7 Å². The molecule has 2 amide bonds. The van der Waals surface area contributed by atoms with Crippen LogP contribution in [0.5, 0.6) is 0 Å². The number of amides is 2. The van der Waals surface area contributed by atoms with E-state index in [0.717, 1.165) is 38.8 Å². The van der Waals surface area contributed by atoms with E-state index in [4.69, 9.17) is 0 Å². The second kappa shape index (κ2) is 8.00. The van der Waals surface area contributed by atoms with Gasteiger partial charge < -0.3 is 15.1 Å². The summed E-state index contributed by atoms with van der Waals surface area (Å²) in [4.78, 5) is 28.7. The average Bonchev–Trinajstić information content (AvgIpc) is 3.47. The highest BCUT2D eigenvalue weighted by atomic mass is 16.2. The number of likely N-dealkylation sites (N-methyl/N-ethyl adjacent to an activating group) is 1. The molecule has 3 rings (SSSR count). The quantitative estimate of drug-likeness (QED) is 0.860. The molecule has 0 unspecified atom stereocenters. The van der Waals surface area contributed by atoms with Crippen LogP contribution in [-0.2, 0) is 9.59 Å². The first-order valence-electron chi connectivity index (χ1n) is 9.34. The predicted octanol–water partition coefficient (Wildman–Crippen LogP) is 2.05. The standard InChI is InChI=1S/C20H29N3O2/c1-22(2)18(15-6-4-3-5-7-15)14-21-19(24)16-10-12-23(13-11-16)20(25)17-8-9-17/h3-7,16-18H,8-14H2,1-2H3,(H,21,24)/t18-/m0/s1. The number of carbonyl (C=O) groups is 2. The molecular weight excluding hydrogens is 314 g/mol. The maximum Gasteiger partial charge on any atom is 0.225 e. The summed E-state index contributed by atoms with van der Waals surface area (Å²) in [6.07, 6.45) is 3.65. The number of rotatable bonds is 6. The van der Waals surface area contributed by atoms with Gasteiger partial charge in [0.15, 0.2) is 0 Å². The van der Waals surface area contributed by atoms with E-state index in [1.165, 1.54) is 5.56 Å². The highest BCUT2D eigenvalue weighted by molar-refractivity contribution is 5.82. The number of nitrogens with one attached hydrogen (secondary N) is 1. The molecule has 1 saturated carbocycles. The van der Waals surface area contributed by atoms with Gasteiger partial charge in [-0.3, -0.25) is 9.59 Å². The second-order valence-electron chi connectivity index (χ2n) is 7.51. The highest BCUT2D eigenvalue weighted by Crippen LogP contribution is 2.32. The van der Waals surface area contributed by atoms with Crippen molar-refractivity contribution in [2.45, 2.75) is 31.7 Å². The number of carbonyl (C=O) groups excluding carboxylic acids is 2. The van der Waals surface area contributed by atoms with Crippen LogP contribution in [0.2, 0.25) is 0 Å². The molecule has 1 atom stereocenters. The van der Waals surface area contributed by atoms with Gasteiger partial charge in [0.25, 0.3) is 0 Å². The van der Waals surface area contributed by atoms with E-state index in [1.807, 2.05) is 37.2 Å². The van der Waals surface area contributed by atoms with Crippen LogP contribution >= 0.6 is 0 Å². The van der Waals surface area contributed by atoms with E-state index < -0.39 is 0 Å². The van der Waals surface area contributed by atoms with Gasteiger partial charge in [-0.25, -0.2) is 0 Å². The summed E-state index contributed by atoms with van der Waals surface area (Å²) in [6.45, 7) is 2.06. The number of hydrogen-bond donors (Lipinski definition) is 1. The molecule has 1 saturated heterocycles. The summed E-state index contributed by atoms with van der Waals surface area (Å²) >= 11 is 0. The van der Waals surface area contributed by atoms with E-state index in [1.54, 1.807) is 0 Å². The molecule has 0 spiro atoms. The van der Waals surface area contributed by atoms with Crippen LogP contribution in [0.15, 0.2) is 30.3 Å². The minimum atomic E-state index is 0.0295. The molecule has 1 aliphatic heterocycles. The normalized spacial score (nSPS) is 19.7. The molecule has 2 aliphatic rings. The first-order chi connectivity index (χ1) is 12.1. The van der Waals surface area contributed by atoms with Crippen molar-refractivity contribution in [3.8, 4) is 0 Å². The van der Waals surface area contributed by atoms with Crippen molar-refractivity contribution >= 4 is 11.8 Å². The molecule has 0 aromatic heterocycles. The molecule has 0 radical (unpaired) electrons. The fraction of sp³-hybridized carbons (Fsp3) is 0.600. The zero-order valence-electron chi connectivity index (χ0n) is 15.3. The third-order valence-corrected chi connectivity index (χ3v) is 5.38. The Balaban J connectivity index is 1.48. The lowest BCUT2D eigenvalue weighted by Gasteiger charge is -2.32. The lowest BCUT2D eigenvalue weighted by Crippen LogP contribution is -2.44. The molecular formula is C20H29N3O2. The summed E-state index contributed by atoms with van der Waals surface area (Å²) in [6, 6.07) is 10.4. The van der Waals surface area contributed by atoms with E-state index >= 15 is 0 Å². The van der Waals surface area contributed by atoms with Crippen molar-refractivity contribution in [1.29, 1.82) is 0 Å². The van der Waals surface area contributed by atoms with E-state index in [2.05, 4.69) is 22.3 Å². The van der Waals surface area contributed by atoms with Crippen LogP contribution in [0.4, 0.5) is 0 Å². The van der Waals surface area contributed by atoms with Gasteiger partial charge in [0.2, 0.25) is 11.8 Å². The van der Waals surface area contributed by atoms with Crippen LogP contribution in [0.25, 0.3) is 0 Å². The van der Waals surface area contributed by atoms with E-state index in [9.17, 15) is 9.59 Å². The van der Waals surface area contributed by atoms with Crippen LogP contribution in [0.3, 0.4) is 0 Å². The van der Waals surface area contributed by atoms with Crippen LogP contribution in [0, 0.1) is 11.8 Å². The lowest BCUT2D eigenvalue weighted by atomic mass is 9.95. The third-order valence-electron chi connectivity index (χ3n) is 5.38. The Kier molecular flexibility index (Phi) is 5.74. The van der Waals surface area contributed by atoms with Gasteiger partial charge in [0.1, 0.15) is 0 Å². The number of benzene rings is 1. The van der Waals surface area contributed by atoms with Gasteiger partial charge in [-0.05, 0) is 45.3 Å². The Morgan fingerprint density at radius 3 is 2.28 bits per heavy atom. The Labute approximate surface area is 150 Å². The van der Waals surface area contributed by atoms with Crippen molar-refractivity contribution in [3.05, 3.63) is 35.9 Å². The Hall–Kier alpha value is -1.88. The first-order valence-corrected chi connectivity index (χ1v) is 9.34. The van der Waals surface area contributed by atoms with E-state index in [0.29, 0.717) is 12.5 Å². The zero-order chi connectivity index (χ0) is 17.8. The summed E-state index contributed by atoms with van der Waals surface area (Å²) in [5.74, 6) is 0.732. The Morgan fingerprint density at radius 2 is 1.72 bits per heavy atom. The van der Waals surface area contributed by atoms with Crippen molar-refractivity contribution < 1.29 is 9.59 Å². The number of hydrogen-bond acceptors (Lipinski definition) is 3. The van der Waals surface area contributed by atoms with Crippen LogP contribution in [0.1, 0.15) is 37.3 Å². The molecule has 5 nitrogen and oxygen atoms in total. The molecule has 1 aliphatic carbocycles. The molecule has 1 N–H and O–H groups in total. The highest BCUT2D eigenvalue weighted by Gasteiger charge is 2.36. The average molecular weight is 343 g/mol. The second-order valence-corrected chi connectivity index (χ2v) is 7.51. The van der Waals surface area contributed by atoms with Crippen LogP contribution in [-0.4, -0.2) is 55.3 Å². The third kappa shape index (κ3) is 4.60. The van der Waals surface area contributed by atoms with Gasteiger partial charge in [-0.1, -0.05) is 30.3 Å². The molecule has 1 aromatic rings. The molecule has 136 valence electrons. The van der Waals surface area contributed by atoms with E-state index in [-0.39, 0.29) is 23.8 Å². The maximum absolute atomic E-state index is 12.5. The van der Waals surface area contributed by atoms with Gasteiger partial charge in [0.05, 0.1) is 6.04 Å². The first kappa shape index (κ1) is 17.9. The SMILES string of the molecule is CN(C)[C@@H](CNC(=O)C1CCN(C(=O)C2CC2)CC1)c1ccccc1. The number of piperidine rings is 1. The van der Waals surface area contributed by atoms with Crippen molar-refractivity contribution in [2.24, 2.45) is 11.8 Å². The van der Waals surface area contributed by atoms with Gasteiger partial charge in [-0.15, -0.1) is 0 Å². The summed E-state index contributed by atoms with van der Waals surface area (Å²) in [7, 11) is 4.07. The van der Waals surface area contributed by atoms with Crippen molar-refractivity contribution in [3.63, 3.8) is 0 Å². The zero-order valence-corrected chi connectivity index (χ0v) is 15.3. The molecule has 1 heterocycles.